The van der Waals surface area contributed by atoms with Crippen molar-refractivity contribution in [1.29, 1.82) is 0 Å². The number of fused-ring (bicyclic) bond motifs is 8. The largest absolute Gasteiger partial charge is 0.0630 e. The fraction of sp³-hybridized carbons (Fsp3) is 0. The monoisotopic (exact) mass is 814 g/mol. The van der Waals surface area contributed by atoms with Gasteiger partial charge < -0.3 is 0 Å². The topological polar surface area (TPSA) is 0 Å². The van der Waals surface area contributed by atoms with E-state index >= 15 is 0 Å². The van der Waals surface area contributed by atoms with E-state index in [1.54, 1.807) is 0 Å². The molecular weight excluding hydrogens is 769 g/mol. The first-order chi connectivity index (χ1) is 35.1. The second-order valence-corrected chi connectivity index (χ2v) is 16.9. The SMILES string of the molecule is [2H]c1c([2H])c2c([2H])c([2H])c3c(-c4ccc5c(c4)cc(-c4cccc6ccccc46)c4ccccc45)c([2H])c([2H])c4c([2H])c([2H])c(c1-c1ccc5c(c1)cc(-c1cccc6ccccc16)c1ccccc15)c2c43. The van der Waals surface area contributed by atoms with Crippen LogP contribution in [0.1, 0.15) is 11.0 Å². The molecule has 0 saturated carbocycles. The molecule has 0 aromatic heterocycles. The molecule has 14 rings (SSSR count). The van der Waals surface area contributed by atoms with Crippen molar-refractivity contribution in [1.82, 2.24) is 0 Å². The Bertz CT molecular complexity index is 4420. The summed E-state index contributed by atoms with van der Waals surface area (Å²) in [7, 11) is 0. The van der Waals surface area contributed by atoms with Crippen LogP contribution in [0.2, 0.25) is 0 Å². The van der Waals surface area contributed by atoms with Gasteiger partial charge in [0.25, 0.3) is 0 Å². The highest BCUT2D eigenvalue weighted by atomic mass is 14.2. The van der Waals surface area contributed by atoms with E-state index in [4.69, 9.17) is 0 Å². The van der Waals surface area contributed by atoms with E-state index in [1.807, 2.05) is 84.9 Å². The molecule has 14 aromatic carbocycles. The molecular formula is C64H38. The zero-order chi connectivity index (χ0) is 48.8. The van der Waals surface area contributed by atoms with Crippen LogP contribution in [0.4, 0.5) is 0 Å². The summed E-state index contributed by atoms with van der Waals surface area (Å²) < 4.78 is 77.2. The van der Waals surface area contributed by atoms with Crippen LogP contribution < -0.4 is 0 Å². The third-order valence-corrected chi connectivity index (χ3v) is 13.5. The van der Waals surface area contributed by atoms with Crippen molar-refractivity contribution >= 4 is 97.0 Å². The van der Waals surface area contributed by atoms with Gasteiger partial charge in [0.05, 0.1) is 11.0 Å². The molecule has 0 aliphatic rings. The fourth-order valence-electron chi connectivity index (χ4n) is 10.5. The summed E-state index contributed by atoms with van der Waals surface area (Å²) in [6.45, 7) is 0. The van der Waals surface area contributed by atoms with E-state index < -0.39 is 0 Å². The molecule has 0 unspecified atom stereocenters. The Balaban J connectivity index is 1.05. The lowest BCUT2D eigenvalue weighted by Gasteiger charge is -2.18. The van der Waals surface area contributed by atoms with Crippen molar-refractivity contribution in [3.8, 4) is 44.5 Å². The molecule has 0 aliphatic heterocycles. The van der Waals surface area contributed by atoms with Gasteiger partial charge in [0, 0.05) is 0 Å². The van der Waals surface area contributed by atoms with E-state index in [0.717, 1.165) is 86.9 Å². The molecule has 0 radical (unpaired) electrons. The van der Waals surface area contributed by atoms with Crippen LogP contribution in [0.3, 0.4) is 0 Å². The van der Waals surface area contributed by atoms with Crippen molar-refractivity contribution in [3.05, 3.63) is 230 Å². The molecule has 0 nitrogen and oxygen atoms in total. The number of rotatable bonds is 4. The second-order valence-electron chi connectivity index (χ2n) is 16.9. The molecule has 0 saturated heterocycles. The minimum Gasteiger partial charge on any atom is -0.0616 e. The third kappa shape index (κ3) is 5.17. The Morgan fingerprint density at radius 1 is 0.203 bits per heavy atom. The highest BCUT2D eigenvalue weighted by molar-refractivity contribution is 6.28. The predicted molar refractivity (Wildman–Crippen MR) is 277 cm³/mol. The average Bonchev–Trinajstić information content (AvgIpc) is 3.42. The number of hydrogen-bond acceptors (Lipinski definition) is 0. The molecule has 0 aliphatic carbocycles. The first-order valence-corrected chi connectivity index (χ1v) is 21.7. The van der Waals surface area contributed by atoms with Crippen LogP contribution >= 0.6 is 0 Å². The first-order valence-electron chi connectivity index (χ1n) is 25.7. The van der Waals surface area contributed by atoms with E-state index in [0.29, 0.717) is 11.1 Å². The summed E-state index contributed by atoms with van der Waals surface area (Å²) >= 11 is 0. The Hall–Kier alpha value is -8.32. The van der Waals surface area contributed by atoms with Crippen molar-refractivity contribution in [2.24, 2.45) is 0 Å². The van der Waals surface area contributed by atoms with E-state index in [-0.39, 0.29) is 91.8 Å². The van der Waals surface area contributed by atoms with E-state index in [2.05, 4.69) is 97.1 Å². The predicted octanol–water partition coefficient (Wildman–Crippen LogP) is 18.2. The summed E-state index contributed by atoms with van der Waals surface area (Å²) in [5, 5.41) is 13.6. The second kappa shape index (κ2) is 13.6. The van der Waals surface area contributed by atoms with E-state index in [1.165, 1.54) is 0 Å². The Kier molecular flexibility index (Phi) is 6.01. The fourth-order valence-corrected chi connectivity index (χ4v) is 10.5. The van der Waals surface area contributed by atoms with Crippen LogP contribution in [0.25, 0.3) is 141 Å². The minimum absolute atomic E-state index is 0.0209. The van der Waals surface area contributed by atoms with Crippen LogP contribution in [-0.4, -0.2) is 0 Å². The summed E-state index contributed by atoms with van der Waals surface area (Å²) in [6, 6.07) is 60.0. The first kappa shape index (κ1) is 28.3. The molecule has 0 amide bonds. The van der Waals surface area contributed by atoms with Gasteiger partial charge in [0.1, 0.15) is 0 Å². The molecule has 64 heavy (non-hydrogen) atoms. The summed E-state index contributed by atoms with van der Waals surface area (Å²) in [6.07, 6.45) is 0. The minimum atomic E-state index is -0.302. The van der Waals surface area contributed by atoms with Gasteiger partial charge in [-0.15, -0.1) is 0 Å². The van der Waals surface area contributed by atoms with Crippen LogP contribution in [-0.2, 0) is 0 Å². The van der Waals surface area contributed by atoms with Crippen molar-refractivity contribution < 1.29 is 11.0 Å². The molecule has 0 spiro atoms. The highest BCUT2D eigenvalue weighted by Crippen LogP contribution is 2.46. The van der Waals surface area contributed by atoms with Crippen molar-refractivity contribution in [3.63, 3.8) is 0 Å². The number of hydrogen-bond donors (Lipinski definition) is 0. The summed E-state index contributed by atoms with van der Waals surface area (Å²) in [5.74, 6) is 0. The number of benzene rings is 14. The standard InChI is InChI=1S/C64H38/c1-3-15-47-39(11-1)13-9-21-55(47)61-37-45-35-43(27-31-51(45)53-17-5-7-19-57(53)61)49-29-23-41-26-34-60-50(30-24-42-25-33-59(49)63(41)64(42)60)44-28-32-52-46(36-44)38-62(58-20-8-6-18-54(52)58)56-22-10-14-40-12-2-4-16-48(40)56/h1-38H/i23D,24D,25D,26D,29D,30D,33D,34D. The maximum absolute atomic E-state index is 9.71. The maximum Gasteiger partial charge on any atom is 0.0630 e. The third-order valence-electron chi connectivity index (χ3n) is 13.5. The molecule has 294 valence electrons. The highest BCUT2D eigenvalue weighted by Gasteiger charge is 2.18. The molecule has 0 bridgehead atoms. The molecule has 14 aromatic rings. The van der Waals surface area contributed by atoms with Crippen molar-refractivity contribution in [2.45, 2.75) is 0 Å². The van der Waals surface area contributed by atoms with Gasteiger partial charge in [-0.05, 0) is 166 Å². The van der Waals surface area contributed by atoms with Gasteiger partial charge in [-0.25, -0.2) is 0 Å². The molecule has 0 heterocycles. The molecule has 0 fully saturated rings. The van der Waals surface area contributed by atoms with Gasteiger partial charge in [-0.2, -0.15) is 0 Å². The van der Waals surface area contributed by atoms with Gasteiger partial charge in [0.2, 0.25) is 0 Å². The summed E-state index contributed by atoms with van der Waals surface area (Å²) in [4.78, 5) is 0. The average molecular weight is 815 g/mol. The normalized spacial score (nSPS) is 13.8. The molecule has 0 atom stereocenters. The summed E-state index contributed by atoms with van der Waals surface area (Å²) in [5.41, 5.74) is 5.93. The maximum atomic E-state index is 9.71. The molecule has 0 heteroatoms. The smallest absolute Gasteiger partial charge is 0.0616 e. The van der Waals surface area contributed by atoms with Crippen LogP contribution in [0.5, 0.6) is 0 Å². The zero-order valence-corrected chi connectivity index (χ0v) is 34.3. The Labute approximate surface area is 381 Å². The molecule has 0 N–H and O–H groups in total. The Morgan fingerprint density at radius 3 is 1.06 bits per heavy atom. The lowest BCUT2D eigenvalue weighted by molar-refractivity contribution is 1.68. The van der Waals surface area contributed by atoms with Gasteiger partial charge >= 0.3 is 0 Å². The van der Waals surface area contributed by atoms with Gasteiger partial charge in [-0.1, -0.05) is 206 Å². The lowest BCUT2D eigenvalue weighted by atomic mass is 9.85. The zero-order valence-electron chi connectivity index (χ0n) is 42.3. The lowest BCUT2D eigenvalue weighted by Crippen LogP contribution is -1.91. The van der Waals surface area contributed by atoms with Crippen LogP contribution in [0, 0.1) is 0 Å². The van der Waals surface area contributed by atoms with Gasteiger partial charge in [0.15, 0.2) is 0 Å². The van der Waals surface area contributed by atoms with Gasteiger partial charge in [-0.3, -0.25) is 0 Å². The quantitative estimate of drug-likeness (QED) is 0.155. The van der Waals surface area contributed by atoms with E-state index in [9.17, 15) is 11.0 Å². The van der Waals surface area contributed by atoms with Crippen LogP contribution in [0.15, 0.2) is 230 Å². The Morgan fingerprint density at radius 2 is 0.594 bits per heavy atom. The van der Waals surface area contributed by atoms with Crippen molar-refractivity contribution in [2.75, 3.05) is 0 Å².